The van der Waals surface area contributed by atoms with Gasteiger partial charge in [0.25, 0.3) is 0 Å². The highest BCUT2D eigenvalue weighted by Gasteiger charge is 2.55. The van der Waals surface area contributed by atoms with Crippen molar-refractivity contribution >= 4 is 5.82 Å². The van der Waals surface area contributed by atoms with Gasteiger partial charge in [0, 0.05) is 39.3 Å². The molecule has 5 rings (SSSR count). The van der Waals surface area contributed by atoms with E-state index in [0.29, 0.717) is 11.4 Å². The van der Waals surface area contributed by atoms with Crippen LogP contribution in [0.25, 0.3) is 17.1 Å². The second-order valence-electron chi connectivity index (χ2n) is 8.33. The number of halogens is 2. The van der Waals surface area contributed by atoms with Crippen LogP contribution in [0.4, 0.5) is 14.6 Å². The molecule has 2 aliphatic rings. The van der Waals surface area contributed by atoms with E-state index in [1.54, 1.807) is 60.4 Å². The summed E-state index contributed by atoms with van der Waals surface area (Å²) in [6.07, 6.45) is 3.55. The first kappa shape index (κ1) is 18.6. The third-order valence-corrected chi connectivity index (χ3v) is 6.24. The van der Waals surface area contributed by atoms with E-state index in [1.807, 2.05) is 0 Å². The number of alkyl halides is 2. The van der Waals surface area contributed by atoms with Crippen molar-refractivity contribution < 1.29 is 15.3 Å². The molecule has 4 heterocycles. The van der Waals surface area contributed by atoms with Crippen molar-refractivity contribution in [3.63, 3.8) is 0 Å². The zero-order valence-corrected chi connectivity index (χ0v) is 17.1. The Morgan fingerprint density at radius 1 is 1.35 bits per heavy atom. The van der Waals surface area contributed by atoms with E-state index in [4.69, 9.17) is 1.37 Å². The van der Waals surface area contributed by atoms with E-state index in [-0.39, 0.29) is 24.4 Å². The van der Waals surface area contributed by atoms with Crippen molar-refractivity contribution in [1.82, 2.24) is 30.0 Å². The molecular formula is C21H23F2N7O. The van der Waals surface area contributed by atoms with Crippen molar-refractivity contribution in [3.8, 4) is 22.8 Å². The summed E-state index contributed by atoms with van der Waals surface area (Å²) in [5.74, 6) is 0.502. The molecule has 10 heteroatoms. The number of fused-ring (bicyclic) bond motifs is 2. The van der Waals surface area contributed by atoms with E-state index >= 15 is 4.39 Å². The van der Waals surface area contributed by atoms with Crippen LogP contribution >= 0.6 is 0 Å². The van der Waals surface area contributed by atoms with Crippen LogP contribution in [-0.2, 0) is 0 Å². The van der Waals surface area contributed by atoms with E-state index in [9.17, 15) is 9.50 Å². The summed E-state index contributed by atoms with van der Waals surface area (Å²) >= 11 is 0. The molecule has 5 atom stereocenters. The number of aromatic nitrogens is 5. The number of rotatable bonds is 4. The van der Waals surface area contributed by atoms with Gasteiger partial charge in [-0.15, -0.1) is 10.2 Å². The van der Waals surface area contributed by atoms with Crippen molar-refractivity contribution in [2.75, 3.05) is 11.9 Å². The molecule has 2 aromatic heterocycles. The van der Waals surface area contributed by atoms with Gasteiger partial charge in [0.15, 0.2) is 11.6 Å². The molecule has 0 unspecified atom stereocenters. The summed E-state index contributed by atoms with van der Waals surface area (Å²) < 4.78 is 39.9. The number of hydrogen-bond acceptors (Lipinski definition) is 7. The van der Waals surface area contributed by atoms with Crippen molar-refractivity contribution in [3.05, 3.63) is 43.1 Å². The summed E-state index contributed by atoms with van der Waals surface area (Å²) in [5, 5.41) is 21.5. The van der Waals surface area contributed by atoms with Crippen LogP contribution < -0.4 is 10.2 Å². The number of nitrogens with one attached hydrogen (secondary N) is 1. The number of piperidine rings is 1. The molecule has 0 spiro atoms. The summed E-state index contributed by atoms with van der Waals surface area (Å²) in [7, 11) is 1.64. The van der Waals surface area contributed by atoms with Gasteiger partial charge in [0.1, 0.15) is 18.1 Å². The van der Waals surface area contributed by atoms with Crippen molar-refractivity contribution in [2.45, 2.75) is 49.7 Å². The first-order chi connectivity index (χ1) is 15.2. The van der Waals surface area contributed by atoms with Crippen molar-refractivity contribution in [2.24, 2.45) is 0 Å². The van der Waals surface area contributed by atoms with E-state index in [2.05, 4.69) is 25.5 Å². The highest BCUT2D eigenvalue weighted by molar-refractivity contribution is 5.66. The first-order valence-corrected chi connectivity index (χ1v) is 10.0. The Balaban J connectivity index is 1.38. The Labute approximate surface area is 179 Å². The molecule has 3 aromatic rings. The lowest BCUT2D eigenvalue weighted by Gasteiger charge is -2.43. The second kappa shape index (κ2) is 7.23. The lowest BCUT2D eigenvalue weighted by molar-refractivity contribution is 0.111. The van der Waals surface area contributed by atoms with Gasteiger partial charge >= 0.3 is 0 Å². The molecule has 31 heavy (non-hydrogen) atoms. The van der Waals surface area contributed by atoms with Crippen LogP contribution in [-0.4, -0.2) is 66.8 Å². The van der Waals surface area contributed by atoms with Gasteiger partial charge in [-0.05, 0) is 25.5 Å². The standard InChI is InChI=1S/C21H23F2N7O/c1-21-9-14(22)15(26-21)8-16(19(21)23)29(2)18-10-25-20(28-27-18)13-4-3-12(7-17(13)31)30-6-5-24-11-30/h3-7,10-11,14-16,19,26,31H,8-9H2,1-2H3/t14-,15+,16-,19+,21+/m1/s1/i15D. The number of nitrogens with zero attached hydrogens (tertiary/aromatic N) is 6. The Hall–Kier alpha value is -3.14. The Morgan fingerprint density at radius 3 is 2.87 bits per heavy atom. The largest absolute Gasteiger partial charge is 0.507 e. The number of phenolic OH excluding ortho intramolecular Hbond substituents is 1. The molecule has 2 saturated heterocycles. The van der Waals surface area contributed by atoms with E-state index < -0.39 is 29.9 Å². The highest BCUT2D eigenvalue weighted by Crippen LogP contribution is 2.41. The van der Waals surface area contributed by atoms with Gasteiger partial charge in [-0.3, -0.25) is 0 Å². The van der Waals surface area contributed by atoms with Crippen LogP contribution in [0, 0.1) is 0 Å². The molecule has 8 nitrogen and oxygen atoms in total. The van der Waals surface area contributed by atoms with Gasteiger partial charge in [-0.2, -0.15) is 0 Å². The summed E-state index contributed by atoms with van der Waals surface area (Å²) in [6.45, 7) is 1.61. The maximum absolute atomic E-state index is 15.3. The fourth-order valence-corrected chi connectivity index (χ4v) is 4.44. The fourth-order valence-electron chi connectivity index (χ4n) is 4.44. The molecule has 0 aliphatic carbocycles. The van der Waals surface area contributed by atoms with Crippen LogP contribution in [0.15, 0.2) is 43.1 Å². The highest BCUT2D eigenvalue weighted by atomic mass is 19.1. The number of imidazole rings is 1. The predicted molar refractivity (Wildman–Crippen MR) is 111 cm³/mol. The molecule has 162 valence electrons. The molecule has 1 aromatic carbocycles. The maximum atomic E-state index is 15.3. The van der Waals surface area contributed by atoms with Crippen LogP contribution in [0.5, 0.6) is 5.75 Å². The monoisotopic (exact) mass is 428 g/mol. The number of anilines is 1. The molecule has 0 saturated carbocycles. The third-order valence-electron chi connectivity index (χ3n) is 6.24. The van der Waals surface area contributed by atoms with E-state index in [0.717, 1.165) is 5.69 Å². The average Bonchev–Trinajstić information content (AvgIpc) is 3.37. The number of aromatic hydroxyl groups is 1. The number of hydrogen-bond donors (Lipinski definition) is 2. The third kappa shape index (κ3) is 3.31. The van der Waals surface area contributed by atoms with Gasteiger partial charge in [-0.1, -0.05) is 0 Å². The second-order valence-corrected chi connectivity index (χ2v) is 8.33. The van der Waals surface area contributed by atoms with Gasteiger partial charge < -0.3 is 19.9 Å². The minimum Gasteiger partial charge on any atom is -0.507 e. The number of phenols is 1. The van der Waals surface area contributed by atoms with Crippen LogP contribution in [0.1, 0.15) is 21.1 Å². The van der Waals surface area contributed by atoms with Gasteiger partial charge in [0.05, 0.1) is 35.4 Å². The summed E-state index contributed by atoms with van der Waals surface area (Å²) in [6, 6.07) is 2.77. The molecule has 0 radical (unpaired) electrons. The van der Waals surface area contributed by atoms with Crippen molar-refractivity contribution in [1.29, 1.82) is 0 Å². The molecule has 0 amide bonds. The van der Waals surface area contributed by atoms with Crippen LogP contribution in [0.2, 0.25) is 0 Å². The summed E-state index contributed by atoms with van der Waals surface area (Å²) in [5.41, 5.74) is 0.0189. The molecule has 2 fully saturated rings. The maximum Gasteiger partial charge on any atom is 0.185 e. The minimum atomic E-state index is -1.53. The lowest BCUT2D eigenvalue weighted by atomic mass is 9.86. The molecule has 2 aliphatic heterocycles. The lowest BCUT2D eigenvalue weighted by Crippen LogP contribution is -2.62. The average molecular weight is 428 g/mol. The van der Waals surface area contributed by atoms with Gasteiger partial charge in [0.2, 0.25) is 0 Å². The normalized spacial score (nSPS) is 32.6. The zero-order chi connectivity index (χ0) is 22.7. The first-order valence-electron chi connectivity index (χ1n) is 10.5. The predicted octanol–water partition coefficient (Wildman–Crippen LogP) is 2.44. The van der Waals surface area contributed by atoms with Gasteiger partial charge in [-0.25, -0.2) is 18.7 Å². The molecule has 2 N–H and O–H groups in total. The smallest absolute Gasteiger partial charge is 0.185 e. The number of benzene rings is 1. The minimum absolute atomic E-state index is 0.0177. The molecular weight excluding hydrogens is 404 g/mol. The quantitative estimate of drug-likeness (QED) is 0.659. The topological polar surface area (TPSA) is 92.0 Å². The zero-order valence-electron chi connectivity index (χ0n) is 18.1. The van der Waals surface area contributed by atoms with E-state index in [1.165, 1.54) is 6.20 Å². The fraction of sp³-hybridized carbons (Fsp3) is 0.429. The SMILES string of the molecule is [2H][C@]12C[C@@H](N(C)c3cnc(-c4ccc(-n5ccnc5)cc4O)nn3)[C@H](F)[C@](C)(C[C@H]1F)N2. The Bertz CT molecular complexity index is 1130. The Kier molecular flexibility index (Phi) is 4.34. The Morgan fingerprint density at radius 2 is 2.19 bits per heavy atom. The van der Waals surface area contributed by atoms with Crippen LogP contribution in [0.3, 0.4) is 0 Å². The molecule has 2 bridgehead atoms. The summed E-state index contributed by atoms with van der Waals surface area (Å²) in [4.78, 5) is 9.84.